The first-order valence-corrected chi connectivity index (χ1v) is 6.55. The third-order valence-electron chi connectivity index (χ3n) is 4.00. The van der Waals surface area contributed by atoms with Crippen molar-refractivity contribution >= 4 is 23.2 Å². The number of halogens is 1. The van der Waals surface area contributed by atoms with Gasteiger partial charge in [0, 0.05) is 24.0 Å². The van der Waals surface area contributed by atoms with Gasteiger partial charge in [0.05, 0.1) is 5.69 Å². The second-order valence-corrected chi connectivity index (χ2v) is 5.48. The summed E-state index contributed by atoms with van der Waals surface area (Å²) < 4.78 is 0. The number of carbonyl (C=O) groups is 1. The third-order valence-corrected chi connectivity index (χ3v) is 4.41. The molecule has 1 heterocycles. The zero-order valence-corrected chi connectivity index (χ0v) is 12.1. The molecule has 0 aromatic heterocycles. The van der Waals surface area contributed by atoms with Crippen LogP contribution in [-0.2, 0) is 10.3 Å². The van der Waals surface area contributed by atoms with E-state index in [-0.39, 0.29) is 11.4 Å². The molecular formula is C14H19ClN2O. The number of amides is 1. The molecule has 0 saturated carbocycles. The monoisotopic (exact) mass is 266 g/mol. The van der Waals surface area contributed by atoms with Gasteiger partial charge in [-0.25, -0.2) is 0 Å². The summed E-state index contributed by atoms with van der Waals surface area (Å²) in [4.78, 5) is 13.6. The average molecular weight is 267 g/mol. The Morgan fingerprint density at radius 3 is 2.72 bits per heavy atom. The molecule has 0 spiro atoms. The highest BCUT2D eigenvalue weighted by molar-refractivity contribution is 6.31. The van der Waals surface area contributed by atoms with Crippen molar-refractivity contribution in [1.29, 1.82) is 0 Å². The number of hydrogen-bond donors (Lipinski definition) is 1. The Hall–Kier alpha value is -1.06. The van der Waals surface area contributed by atoms with Crippen molar-refractivity contribution in [3.05, 3.63) is 28.3 Å². The Morgan fingerprint density at radius 1 is 1.50 bits per heavy atom. The average Bonchev–Trinajstić information content (AvgIpc) is 2.34. The van der Waals surface area contributed by atoms with Gasteiger partial charge in [-0.05, 0) is 44.5 Å². The summed E-state index contributed by atoms with van der Waals surface area (Å²) in [6, 6.07) is 3.94. The van der Waals surface area contributed by atoms with Crippen molar-refractivity contribution < 1.29 is 4.79 Å². The molecule has 4 heteroatoms. The summed E-state index contributed by atoms with van der Waals surface area (Å²) in [6.07, 6.45) is 0.900. The lowest BCUT2D eigenvalue weighted by Gasteiger charge is -2.41. The number of benzene rings is 1. The van der Waals surface area contributed by atoms with Crippen molar-refractivity contribution in [3.63, 3.8) is 0 Å². The van der Waals surface area contributed by atoms with Gasteiger partial charge in [-0.3, -0.25) is 4.79 Å². The van der Waals surface area contributed by atoms with Crippen LogP contribution in [0.3, 0.4) is 0 Å². The van der Waals surface area contributed by atoms with Crippen LogP contribution in [0.1, 0.15) is 31.4 Å². The summed E-state index contributed by atoms with van der Waals surface area (Å²) in [5, 5.41) is 4.07. The SMILES string of the molecule is CNC1(C)CCN(C(C)=O)c2c1ccc(Cl)c2C. The van der Waals surface area contributed by atoms with E-state index in [1.807, 2.05) is 31.0 Å². The van der Waals surface area contributed by atoms with Crippen LogP contribution in [0.5, 0.6) is 0 Å². The Bertz CT molecular complexity index is 501. The lowest BCUT2D eigenvalue weighted by atomic mass is 9.82. The normalized spacial score (nSPS) is 22.8. The van der Waals surface area contributed by atoms with Crippen LogP contribution in [0.15, 0.2) is 12.1 Å². The molecule has 3 nitrogen and oxygen atoms in total. The second-order valence-electron chi connectivity index (χ2n) is 5.07. The van der Waals surface area contributed by atoms with Crippen LogP contribution >= 0.6 is 11.6 Å². The standard InChI is InChI=1S/C14H19ClN2O/c1-9-12(15)6-5-11-13(9)17(10(2)18)8-7-14(11,3)16-4/h5-6,16H,7-8H2,1-4H3. The zero-order valence-electron chi connectivity index (χ0n) is 11.3. The number of carbonyl (C=O) groups excluding carboxylic acids is 1. The Morgan fingerprint density at radius 2 is 2.17 bits per heavy atom. The highest BCUT2D eigenvalue weighted by Crippen LogP contribution is 2.42. The van der Waals surface area contributed by atoms with Gasteiger partial charge < -0.3 is 10.2 Å². The molecule has 1 aromatic rings. The first-order chi connectivity index (χ1) is 8.40. The van der Waals surface area contributed by atoms with Crippen LogP contribution in [0, 0.1) is 6.92 Å². The quantitative estimate of drug-likeness (QED) is 0.848. The molecular weight excluding hydrogens is 248 g/mol. The van der Waals surface area contributed by atoms with E-state index in [0.29, 0.717) is 5.02 Å². The maximum atomic E-state index is 11.8. The number of anilines is 1. The summed E-state index contributed by atoms with van der Waals surface area (Å²) in [5.41, 5.74) is 2.99. The molecule has 0 aliphatic carbocycles. The van der Waals surface area contributed by atoms with Crippen LogP contribution < -0.4 is 10.2 Å². The van der Waals surface area contributed by atoms with Gasteiger partial charge in [0.15, 0.2) is 0 Å². The Kier molecular flexibility index (Phi) is 3.39. The zero-order chi connectivity index (χ0) is 13.5. The maximum Gasteiger partial charge on any atom is 0.223 e. The first-order valence-electron chi connectivity index (χ1n) is 6.17. The minimum Gasteiger partial charge on any atom is -0.312 e. The van der Waals surface area contributed by atoms with Gasteiger partial charge >= 0.3 is 0 Å². The highest BCUT2D eigenvalue weighted by atomic mass is 35.5. The number of fused-ring (bicyclic) bond motifs is 1. The van der Waals surface area contributed by atoms with E-state index in [1.54, 1.807) is 6.92 Å². The fourth-order valence-electron chi connectivity index (χ4n) is 2.63. The van der Waals surface area contributed by atoms with E-state index >= 15 is 0 Å². The van der Waals surface area contributed by atoms with Gasteiger partial charge in [-0.15, -0.1) is 0 Å². The number of hydrogen-bond acceptors (Lipinski definition) is 2. The van der Waals surface area contributed by atoms with E-state index in [9.17, 15) is 4.79 Å². The van der Waals surface area contributed by atoms with Gasteiger partial charge in [0.2, 0.25) is 5.91 Å². The predicted octanol–water partition coefficient (Wildman–Crippen LogP) is 2.84. The van der Waals surface area contributed by atoms with E-state index in [0.717, 1.165) is 29.8 Å². The van der Waals surface area contributed by atoms with Crippen molar-refractivity contribution in [2.24, 2.45) is 0 Å². The molecule has 1 unspecified atom stereocenters. The van der Waals surface area contributed by atoms with Crippen LogP contribution in [0.25, 0.3) is 0 Å². The smallest absolute Gasteiger partial charge is 0.223 e. The molecule has 1 atom stereocenters. The molecule has 0 saturated heterocycles. The molecule has 0 fully saturated rings. The molecule has 0 radical (unpaired) electrons. The molecule has 1 N–H and O–H groups in total. The number of nitrogens with zero attached hydrogens (tertiary/aromatic N) is 1. The minimum absolute atomic E-state index is 0.0692. The number of rotatable bonds is 1. The second kappa shape index (κ2) is 4.56. The maximum absolute atomic E-state index is 11.8. The van der Waals surface area contributed by atoms with E-state index in [1.165, 1.54) is 0 Å². The molecule has 1 amide bonds. The van der Waals surface area contributed by atoms with Crippen molar-refractivity contribution in [1.82, 2.24) is 5.32 Å². The molecule has 1 aliphatic rings. The summed E-state index contributed by atoms with van der Waals surface area (Å²) in [6.45, 7) is 6.46. The summed E-state index contributed by atoms with van der Waals surface area (Å²) in [7, 11) is 1.96. The fraction of sp³-hybridized carbons (Fsp3) is 0.500. The van der Waals surface area contributed by atoms with Crippen LogP contribution in [0.4, 0.5) is 5.69 Å². The van der Waals surface area contributed by atoms with Crippen molar-refractivity contribution in [3.8, 4) is 0 Å². The van der Waals surface area contributed by atoms with Gasteiger partial charge in [-0.2, -0.15) is 0 Å². The largest absolute Gasteiger partial charge is 0.312 e. The molecule has 1 aliphatic heterocycles. The molecule has 18 heavy (non-hydrogen) atoms. The molecule has 2 rings (SSSR count). The Labute approximate surface area is 113 Å². The summed E-state index contributed by atoms with van der Waals surface area (Å²) in [5.74, 6) is 0.0692. The molecule has 98 valence electrons. The fourth-order valence-corrected chi connectivity index (χ4v) is 2.78. The van der Waals surface area contributed by atoms with Gasteiger partial charge in [0.1, 0.15) is 0 Å². The topological polar surface area (TPSA) is 32.3 Å². The van der Waals surface area contributed by atoms with Gasteiger partial charge in [0.25, 0.3) is 0 Å². The molecule has 0 bridgehead atoms. The molecule has 1 aromatic carbocycles. The third kappa shape index (κ3) is 1.91. The highest BCUT2D eigenvalue weighted by Gasteiger charge is 2.36. The minimum atomic E-state index is -0.101. The number of nitrogens with one attached hydrogen (secondary N) is 1. The predicted molar refractivity (Wildman–Crippen MR) is 75.2 cm³/mol. The lowest BCUT2D eigenvalue weighted by molar-refractivity contribution is -0.116. The van der Waals surface area contributed by atoms with Crippen molar-refractivity contribution in [2.75, 3.05) is 18.5 Å². The van der Waals surface area contributed by atoms with E-state index < -0.39 is 0 Å². The van der Waals surface area contributed by atoms with Crippen LogP contribution in [-0.4, -0.2) is 19.5 Å². The van der Waals surface area contributed by atoms with E-state index in [2.05, 4.69) is 12.2 Å². The lowest BCUT2D eigenvalue weighted by Crippen LogP contribution is -2.47. The van der Waals surface area contributed by atoms with Gasteiger partial charge in [-0.1, -0.05) is 17.7 Å². The van der Waals surface area contributed by atoms with E-state index in [4.69, 9.17) is 11.6 Å². The van der Waals surface area contributed by atoms with Crippen molar-refractivity contribution in [2.45, 2.75) is 32.7 Å². The first kappa shape index (κ1) is 13.4. The Balaban J connectivity index is 2.68. The summed E-state index contributed by atoms with van der Waals surface area (Å²) >= 11 is 6.19. The van der Waals surface area contributed by atoms with Crippen LogP contribution in [0.2, 0.25) is 5.02 Å².